The van der Waals surface area contributed by atoms with E-state index in [9.17, 15) is 14.4 Å². The van der Waals surface area contributed by atoms with Gasteiger partial charge in [-0.2, -0.15) is 0 Å². The van der Waals surface area contributed by atoms with Gasteiger partial charge in [0, 0.05) is 23.6 Å². The quantitative estimate of drug-likeness (QED) is 0.638. The van der Waals surface area contributed by atoms with Gasteiger partial charge < -0.3 is 15.4 Å². The molecule has 0 aromatic heterocycles. The van der Waals surface area contributed by atoms with Crippen LogP contribution in [0.3, 0.4) is 0 Å². The van der Waals surface area contributed by atoms with Crippen molar-refractivity contribution in [3.63, 3.8) is 0 Å². The van der Waals surface area contributed by atoms with E-state index < -0.39 is 18.5 Å². The van der Waals surface area contributed by atoms with E-state index in [1.165, 1.54) is 6.07 Å². The minimum atomic E-state index is -0.556. The number of ether oxygens (including phenoxy) is 1. The van der Waals surface area contributed by atoms with Gasteiger partial charge in [0.05, 0.1) is 10.7 Å². The van der Waals surface area contributed by atoms with E-state index >= 15 is 0 Å². The lowest BCUT2D eigenvalue weighted by molar-refractivity contribution is -0.147. The van der Waals surface area contributed by atoms with Crippen LogP contribution in [0.1, 0.15) is 19.3 Å². The van der Waals surface area contributed by atoms with Crippen LogP contribution in [0.15, 0.2) is 48.5 Å². The molecule has 2 amide bonds. The van der Waals surface area contributed by atoms with Gasteiger partial charge in [0.25, 0.3) is 5.91 Å². The highest BCUT2D eigenvalue weighted by atomic mass is 35.5. The van der Waals surface area contributed by atoms with Crippen molar-refractivity contribution in [3.8, 4) is 0 Å². The minimum absolute atomic E-state index is 0.0389. The highest BCUT2D eigenvalue weighted by molar-refractivity contribution is 6.36. The van der Waals surface area contributed by atoms with E-state index in [2.05, 4.69) is 10.6 Å². The number of halogens is 2. The number of hydrogen-bond acceptors (Lipinski definition) is 4. The molecule has 0 unspecified atom stereocenters. The summed E-state index contributed by atoms with van der Waals surface area (Å²) in [4.78, 5) is 35.2. The number of esters is 1. The van der Waals surface area contributed by atoms with Crippen LogP contribution >= 0.6 is 23.2 Å². The van der Waals surface area contributed by atoms with Crippen molar-refractivity contribution >= 4 is 52.4 Å². The molecule has 0 aliphatic heterocycles. The molecule has 0 aliphatic carbocycles. The Balaban J connectivity index is 1.64. The lowest BCUT2D eigenvalue weighted by atomic mass is 10.2. The summed E-state index contributed by atoms with van der Waals surface area (Å²) in [5.74, 6) is -1.27. The fourth-order valence-electron chi connectivity index (χ4n) is 2.13. The Morgan fingerprint density at radius 1 is 0.889 bits per heavy atom. The Kier molecular flexibility index (Phi) is 8.10. The molecule has 2 N–H and O–H groups in total. The van der Waals surface area contributed by atoms with Crippen molar-refractivity contribution in [2.75, 3.05) is 17.2 Å². The topological polar surface area (TPSA) is 84.5 Å². The summed E-state index contributed by atoms with van der Waals surface area (Å²) in [6.07, 6.45) is 0.538. The zero-order chi connectivity index (χ0) is 19.6. The summed E-state index contributed by atoms with van der Waals surface area (Å²) in [6.45, 7) is -0.437. The predicted octanol–water partition coefficient (Wildman–Crippen LogP) is 4.28. The molecule has 2 rings (SSSR count). The van der Waals surface area contributed by atoms with Crippen LogP contribution in [0.4, 0.5) is 11.4 Å². The van der Waals surface area contributed by atoms with Crippen LogP contribution in [0.25, 0.3) is 0 Å². The fourth-order valence-corrected chi connectivity index (χ4v) is 2.59. The fraction of sp³-hybridized carbons (Fsp3) is 0.211. The van der Waals surface area contributed by atoms with Crippen molar-refractivity contribution < 1.29 is 19.1 Å². The summed E-state index contributed by atoms with van der Waals surface area (Å²) in [5.41, 5.74) is 1.07. The number of hydrogen-bond donors (Lipinski definition) is 2. The smallest absolute Gasteiger partial charge is 0.306 e. The number of anilines is 2. The van der Waals surface area contributed by atoms with Gasteiger partial charge in [-0.25, -0.2) is 0 Å². The third kappa shape index (κ3) is 7.68. The second-order valence-corrected chi connectivity index (χ2v) is 6.44. The maximum absolute atomic E-state index is 11.8. The zero-order valence-corrected chi connectivity index (χ0v) is 15.8. The normalized spacial score (nSPS) is 10.1. The third-order valence-corrected chi connectivity index (χ3v) is 3.96. The van der Waals surface area contributed by atoms with Gasteiger partial charge in [0.2, 0.25) is 5.91 Å². The number of nitrogens with one attached hydrogen (secondary N) is 2. The van der Waals surface area contributed by atoms with Gasteiger partial charge >= 0.3 is 5.97 Å². The zero-order valence-electron chi connectivity index (χ0n) is 14.3. The Morgan fingerprint density at radius 2 is 1.63 bits per heavy atom. The van der Waals surface area contributed by atoms with Crippen molar-refractivity contribution in [2.24, 2.45) is 0 Å². The molecule has 0 bridgehead atoms. The van der Waals surface area contributed by atoms with Crippen LogP contribution in [0.2, 0.25) is 10.0 Å². The lowest BCUT2D eigenvalue weighted by Crippen LogP contribution is -2.21. The Hall–Kier alpha value is -2.57. The molecule has 0 radical (unpaired) electrons. The van der Waals surface area contributed by atoms with Gasteiger partial charge in [-0.1, -0.05) is 41.4 Å². The first kappa shape index (κ1) is 20.7. The monoisotopic (exact) mass is 408 g/mol. The van der Waals surface area contributed by atoms with E-state index in [4.69, 9.17) is 27.9 Å². The van der Waals surface area contributed by atoms with Crippen molar-refractivity contribution in [2.45, 2.75) is 19.3 Å². The summed E-state index contributed by atoms with van der Waals surface area (Å²) in [5, 5.41) is 5.98. The van der Waals surface area contributed by atoms with Crippen LogP contribution in [0.5, 0.6) is 0 Å². The van der Waals surface area contributed by atoms with Gasteiger partial charge in [-0.15, -0.1) is 0 Å². The van der Waals surface area contributed by atoms with Crippen LogP contribution in [-0.4, -0.2) is 24.4 Å². The highest BCUT2D eigenvalue weighted by Gasteiger charge is 2.11. The molecule has 142 valence electrons. The van der Waals surface area contributed by atoms with E-state index in [-0.39, 0.29) is 23.8 Å². The van der Waals surface area contributed by atoms with Crippen LogP contribution < -0.4 is 10.6 Å². The average molecular weight is 409 g/mol. The SMILES string of the molecule is O=C(CCCC(=O)OCC(=O)Nc1ccc(Cl)cc1Cl)Nc1ccccc1. The minimum Gasteiger partial charge on any atom is -0.456 e. The Morgan fingerprint density at radius 3 is 2.33 bits per heavy atom. The molecule has 2 aromatic carbocycles. The lowest BCUT2D eigenvalue weighted by Gasteiger charge is -2.08. The molecular weight excluding hydrogens is 391 g/mol. The molecule has 8 heteroatoms. The number of amides is 2. The molecule has 0 spiro atoms. The number of para-hydroxylation sites is 1. The first-order valence-corrected chi connectivity index (χ1v) is 8.95. The average Bonchev–Trinajstić information content (AvgIpc) is 2.63. The molecular formula is C19H18Cl2N2O4. The molecule has 0 aliphatic rings. The summed E-state index contributed by atoms with van der Waals surface area (Å²) >= 11 is 11.7. The summed E-state index contributed by atoms with van der Waals surface area (Å²) in [7, 11) is 0. The summed E-state index contributed by atoms with van der Waals surface area (Å²) in [6, 6.07) is 13.7. The third-order valence-electron chi connectivity index (χ3n) is 3.41. The molecule has 0 saturated heterocycles. The van der Waals surface area contributed by atoms with Crippen LogP contribution in [-0.2, 0) is 19.1 Å². The van der Waals surface area contributed by atoms with Gasteiger partial charge in [-0.3, -0.25) is 14.4 Å². The standard InChI is InChI=1S/C19H18Cl2N2O4/c20-13-9-10-16(15(21)11-13)23-18(25)12-27-19(26)8-4-7-17(24)22-14-5-2-1-3-6-14/h1-3,5-6,9-11H,4,7-8,12H2,(H,22,24)(H,23,25). The largest absolute Gasteiger partial charge is 0.456 e. The van der Waals surface area contributed by atoms with Crippen molar-refractivity contribution in [1.82, 2.24) is 0 Å². The molecule has 0 saturated carbocycles. The molecule has 0 fully saturated rings. The number of benzene rings is 2. The van der Waals surface area contributed by atoms with E-state index in [0.717, 1.165) is 0 Å². The second-order valence-electron chi connectivity index (χ2n) is 5.60. The van der Waals surface area contributed by atoms with Crippen molar-refractivity contribution in [3.05, 3.63) is 58.6 Å². The summed E-state index contributed by atoms with van der Waals surface area (Å²) < 4.78 is 4.89. The molecule has 27 heavy (non-hydrogen) atoms. The van der Waals surface area contributed by atoms with Gasteiger partial charge in [0.15, 0.2) is 6.61 Å². The van der Waals surface area contributed by atoms with E-state index in [1.54, 1.807) is 24.3 Å². The predicted molar refractivity (Wildman–Crippen MR) is 105 cm³/mol. The second kappa shape index (κ2) is 10.5. The first-order valence-electron chi connectivity index (χ1n) is 8.19. The highest BCUT2D eigenvalue weighted by Crippen LogP contribution is 2.25. The Labute approximate surface area is 166 Å². The maximum Gasteiger partial charge on any atom is 0.306 e. The van der Waals surface area contributed by atoms with Gasteiger partial charge in [-0.05, 0) is 36.8 Å². The number of carbonyl (C=O) groups is 3. The molecule has 0 heterocycles. The van der Waals surface area contributed by atoms with Crippen molar-refractivity contribution in [1.29, 1.82) is 0 Å². The molecule has 0 atom stereocenters. The Bertz CT molecular complexity index is 813. The number of rotatable bonds is 8. The van der Waals surface area contributed by atoms with Crippen LogP contribution in [0, 0.1) is 0 Å². The maximum atomic E-state index is 11.8. The van der Waals surface area contributed by atoms with E-state index in [0.29, 0.717) is 22.8 Å². The molecule has 6 nitrogen and oxygen atoms in total. The number of carbonyl (C=O) groups excluding carboxylic acids is 3. The van der Waals surface area contributed by atoms with E-state index in [1.807, 2.05) is 18.2 Å². The van der Waals surface area contributed by atoms with Gasteiger partial charge in [0.1, 0.15) is 0 Å². The first-order chi connectivity index (χ1) is 12.9. The molecule has 2 aromatic rings.